The molecule has 0 amide bonds. The van der Waals surface area contributed by atoms with Gasteiger partial charge < -0.3 is 0 Å². The summed E-state index contributed by atoms with van der Waals surface area (Å²) >= 11 is 0. The maximum absolute atomic E-state index is 8.73. The van der Waals surface area contributed by atoms with Crippen LogP contribution in [0.15, 0.2) is 0 Å². The van der Waals surface area contributed by atoms with Gasteiger partial charge in [-0.05, 0) is 40.5 Å². The topological polar surface area (TPSA) is 47.6 Å². The van der Waals surface area contributed by atoms with Crippen LogP contribution in [0.1, 0.15) is 40.5 Å². The van der Waals surface area contributed by atoms with E-state index in [9.17, 15) is 0 Å². The van der Waals surface area contributed by atoms with Crippen molar-refractivity contribution in [3.05, 3.63) is 0 Å². The number of nitriles is 2. The molecule has 0 bridgehead atoms. The molecule has 0 aromatic heterocycles. The Morgan fingerprint density at radius 2 is 1.08 bits per heavy atom. The first-order valence-corrected chi connectivity index (χ1v) is 4.15. The minimum Gasteiger partial charge on any atom is -0.198 e. The van der Waals surface area contributed by atoms with Crippen LogP contribution >= 0.6 is 0 Å². The molecule has 0 atom stereocenters. The van der Waals surface area contributed by atoms with Gasteiger partial charge in [0.05, 0.1) is 23.0 Å². The van der Waals surface area contributed by atoms with E-state index in [0.717, 1.165) is 12.8 Å². The lowest BCUT2D eigenvalue weighted by Crippen LogP contribution is -2.15. The van der Waals surface area contributed by atoms with Crippen LogP contribution < -0.4 is 0 Å². The van der Waals surface area contributed by atoms with E-state index in [1.807, 2.05) is 27.7 Å². The van der Waals surface area contributed by atoms with Crippen molar-refractivity contribution in [2.24, 2.45) is 10.8 Å². The molecular weight excluding hydrogens is 148 g/mol. The molecule has 0 aliphatic carbocycles. The van der Waals surface area contributed by atoms with E-state index in [4.69, 9.17) is 10.5 Å². The highest BCUT2D eigenvalue weighted by Gasteiger charge is 2.23. The van der Waals surface area contributed by atoms with E-state index >= 15 is 0 Å². The molecule has 0 aliphatic heterocycles. The third-order valence-corrected chi connectivity index (χ3v) is 1.98. The maximum atomic E-state index is 8.73. The van der Waals surface area contributed by atoms with E-state index in [1.165, 1.54) is 0 Å². The fourth-order valence-electron chi connectivity index (χ4n) is 0.737. The van der Waals surface area contributed by atoms with Crippen molar-refractivity contribution in [3.63, 3.8) is 0 Å². The zero-order valence-corrected chi connectivity index (χ0v) is 8.31. The molecule has 0 N–H and O–H groups in total. The molecule has 0 spiro atoms. The summed E-state index contributed by atoms with van der Waals surface area (Å²) in [4.78, 5) is 0. The summed E-state index contributed by atoms with van der Waals surface area (Å²) in [5.74, 6) is 0. The van der Waals surface area contributed by atoms with Crippen LogP contribution in [0.3, 0.4) is 0 Å². The second-order valence-electron chi connectivity index (χ2n) is 4.49. The average molecular weight is 164 g/mol. The van der Waals surface area contributed by atoms with Crippen molar-refractivity contribution in [3.8, 4) is 12.1 Å². The lowest BCUT2D eigenvalue weighted by molar-refractivity contribution is 0.344. The molecule has 0 saturated heterocycles. The van der Waals surface area contributed by atoms with Gasteiger partial charge in [-0.1, -0.05) is 0 Å². The van der Waals surface area contributed by atoms with Crippen LogP contribution in [-0.4, -0.2) is 0 Å². The Hall–Kier alpha value is -1.02. The number of rotatable bonds is 3. The second kappa shape index (κ2) is 3.59. The van der Waals surface area contributed by atoms with Gasteiger partial charge in [-0.3, -0.25) is 0 Å². The molecule has 0 unspecified atom stereocenters. The van der Waals surface area contributed by atoms with Gasteiger partial charge in [0.2, 0.25) is 0 Å². The van der Waals surface area contributed by atoms with E-state index < -0.39 is 0 Å². The van der Waals surface area contributed by atoms with Crippen LogP contribution in [0.25, 0.3) is 0 Å². The highest BCUT2D eigenvalue weighted by Crippen LogP contribution is 2.29. The molecule has 2 nitrogen and oxygen atoms in total. The van der Waals surface area contributed by atoms with Gasteiger partial charge in [0.15, 0.2) is 0 Å². The van der Waals surface area contributed by atoms with E-state index in [0.29, 0.717) is 0 Å². The van der Waals surface area contributed by atoms with Crippen molar-refractivity contribution in [2.45, 2.75) is 40.5 Å². The van der Waals surface area contributed by atoms with Crippen molar-refractivity contribution >= 4 is 0 Å². The Morgan fingerprint density at radius 1 is 0.833 bits per heavy atom. The fourth-order valence-corrected chi connectivity index (χ4v) is 0.737. The van der Waals surface area contributed by atoms with E-state index in [-0.39, 0.29) is 10.8 Å². The minimum absolute atomic E-state index is 0.297. The van der Waals surface area contributed by atoms with Crippen molar-refractivity contribution < 1.29 is 0 Å². The Labute approximate surface area is 74.8 Å². The molecule has 0 rings (SSSR count). The number of nitrogens with zero attached hydrogens (tertiary/aromatic N) is 2. The van der Waals surface area contributed by atoms with Crippen molar-refractivity contribution in [1.29, 1.82) is 10.5 Å². The number of hydrogen-bond donors (Lipinski definition) is 0. The third kappa shape index (κ3) is 3.98. The van der Waals surface area contributed by atoms with Gasteiger partial charge in [0.25, 0.3) is 0 Å². The van der Waals surface area contributed by atoms with E-state index in [1.54, 1.807) is 0 Å². The Kier molecular flexibility index (Phi) is 3.28. The molecule has 0 radical (unpaired) electrons. The lowest BCUT2D eigenvalue weighted by atomic mass is 9.81. The van der Waals surface area contributed by atoms with Crippen LogP contribution in [0.2, 0.25) is 0 Å². The smallest absolute Gasteiger partial charge is 0.0683 e. The summed E-state index contributed by atoms with van der Waals surface area (Å²) in [6, 6.07) is 4.46. The second-order valence-corrected chi connectivity index (χ2v) is 4.49. The SMILES string of the molecule is CC(C)(C#N)CCC(C)(C)C#N. The fraction of sp³-hybridized carbons (Fsp3) is 0.800. The predicted molar refractivity (Wildman–Crippen MR) is 48.0 cm³/mol. The highest BCUT2D eigenvalue weighted by molar-refractivity contribution is 4.97. The monoisotopic (exact) mass is 164 g/mol. The maximum Gasteiger partial charge on any atom is 0.0683 e. The Bertz CT molecular complexity index is 199. The van der Waals surface area contributed by atoms with Crippen LogP contribution in [-0.2, 0) is 0 Å². The molecular formula is C10H16N2. The lowest BCUT2D eigenvalue weighted by Gasteiger charge is -2.20. The molecule has 0 aromatic carbocycles. The summed E-state index contributed by atoms with van der Waals surface area (Å²) in [7, 11) is 0. The van der Waals surface area contributed by atoms with Crippen LogP contribution in [0.4, 0.5) is 0 Å². The van der Waals surface area contributed by atoms with Gasteiger partial charge in [0.1, 0.15) is 0 Å². The Morgan fingerprint density at radius 3 is 1.25 bits per heavy atom. The van der Waals surface area contributed by atoms with Gasteiger partial charge in [0, 0.05) is 0 Å². The Balaban J connectivity index is 4.04. The number of hydrogen-bond acceptors (Lipinski definition) is 2. The molecule has 2 heteroatoms. The summed E-state index contributed by atoms with van der Waals surface area (Å²) in [6.07, 6.45) is 1.56. The standard InChI is InChI=1S/C10H16N2/c1-9(2,7-11)5-6-10(3,4)8-12/h5-6H2,1-4H3. The predicted octanol–water partition coefficient (Wildman–Crippen LogP) is 2.87. The third-order valence-electron chi connectivity index (χ3n) is 1.98. The molecule has 0 heterocycles. The molecule has 66 valence electrons. The quantitative estimate of drug-likeness (QED) is 0.644. The summed E-state index contributed by atoms with van der Waals surface area (Å²) in [6.45, 7) is 7.61. The van der Waals surface area contributed by atoms with Crippen LogP contribution in [0.5, 0.6) is 0 Å². The summed E-state index contributed by atoms with van der Waals surface area (Å²) in [5, 5.41) is 17.5. The van der Waals surface area contributed by atoms with Crippen LogP contribution in [0, 0.1) is 33.5 Å². The first-order chi connectivity index (χ1) is 5.33. The van der Waals surface area contributed by atoms with Gasteiger partial charge in [-0.2, -0.15) is 10.5 Å². The average Bonchev–Trinajstić information content (AvgIpc) is 2.02. The molecule has 0 saturated carbocycles. The normalized spacial score (nSPS) is 11.8. The first kappa shape index (κ1) is 11.0. The zero-order valence-electron chi connectivity index (χ0n) is 8.31. The minimum atomic E-state index is -0.297. The zero-order chi connectivity index (χ0) is 9.83. The summed E-state index contributed by atoms with van der Waals surface area (Å²) < 4.78 is 0. The van der Waals surface area contributed by atoms with Gasteiger partial charge in [-0.25, -0.2) is 0 Å². The molecule has 0 aromatic rings. The van der Waals surface area contributed by atoms with E-state index in [2.05, 4.69) is 12.1 Å². The molecule has 0 aliphatic rings. The van der Waals surface area contributed by atoms with Gasteiger partial charge >= 0.3 is 0 Å². The largest absolute Gasteiger partial charge is 0.198 e. The van der Waals surface area contributed by atoms with Gasteiger partial charge in [-0.15, -0.1) is 0 Å². The van der Waals surface area contributed by atoms with Crippen molar-refractivity contribution in [2.75, 3.05) is 0 Å². The highest BCUT2D eigenvalue weighted by atomic mass is 14.4. The molecule has 0 fully saturated rings. The first-order valence-electron chi connectivity index (χ1n) is 4.15. The summed E-state index contributed by atoms with van der Waals surface area (Å²) in [5.41, 5.74) is -0.595. The molecule has 12 heavy (non-hydrogen) atoms. The van der Waals surface area contributed by atoms with Crippen molar-refractivity contribution in [1.82, 2.24) is 0 Å².